The maximum absolute atomic E-state index is 6.28. The Labute approximate surface area is 131 Å². The summed E-state index contributed by atoms with van der Waals surface area (Å²) in [7, 11) is 0. The maximum Gasteiger partial charge on any atom is 0.0941 e. The van der Waals surface area contributed by atoms with Gasteiger partial charge in [0.05, 0.1) is 5.00 Å². The van der Waals surface area contributed by atoms with Gasteiger partial charge in [0.2, 0.25) is 0 Å². The van der Waals surface area contributed by atoms with Crippen LogP contribution in [0.5, 0.6) is 0 Å². The van der Waals surface area contributed by atoms with Crippen LogP contribution in [0.25, 0.3) is 11.1 Å². The first-order valence-electron chi connectivity index (χ1n) is 8.33. The topological polar surface area (TPSA) is 26.0 Å². The highest BCUT2D eigenvalue weighted by molar-refractivity contribution is 7.16. The highest BCUT2D eigenvalue weighted by Gasteiger charge is 2.22. The van der Waals surface area contributed by atoms with E-state index < -0.39 is 0 Å². The summed E-state index contributed by atoms with van der Waals surface area (Å²) >= 11 is 1.81. The monoisotopic (exact) mass is 297 g/mol. The fourth-order valence-corrected chi connectivity index (χ4v) is 5.28. The van der Waals surface area contributed by atoms with Gasteiger partial charge in [0.25, 0.3) is 0 Å². The molecule has 2 aliphatic carbocycles. The van der Waals surface area contributed by atoms with Crippen molar-refractivity contribution in [2.45, 2.75) is 57.3 Å². The summed E-state index contributed by atoms with van der Waals surface area (Å²) in [6, 6.07) is 9.31. The SMILES string of the molecule is Nc1sc2c(c1-c1ccc(C3CCCCC3)cc1)CCC2. The van der Waals surface area contributed by atoms with Gasteiger partial charge in [-0.3, -0.25) is 0 Å². The lowest BCUT2D eigenvalue weighted by molar-refractivity contribution is 0.443. The Morgan fingerprint density at radius 3 is 2.43 bits per heavy atom. The Morgan fingerprint density at radius 1 is 0.905 bits per heavy atom. The molecule has 1 fully saturated rings. The molecule has 2 N–H and O–H groups in total. The van der Waals surface area contributed by atoms with Crippen molar-refractivity contribution in [2.75, 3.05) is 5.73 Å². The van der Waals surface area contributed by atoms with Crippen molar-refractivity contribution in [2.24, 2.45) is 0 Å². The second-order valence-corrected chi connectivity index (χ2v) is 7.69. The van der Waals surface area contributed by atoms with E-state index in [1.165, 1.54) is 78.5 Å². The molecule has 0 spiro atoms. The van der Waals surface area contributed by atoms with E-state index in [-0.39, 0.29) is 0 Å². The van der Waals surface area contributed by atoms with Crippen LogP contribution in [0, 0.1) is 0 Å². The summed E-state index contributed by atoms with van der Waals surface area (Å²) < 4.78 is 0. The van der Waals surface area contributed by atoms with Crippen LogP contribution in [0.4, 0.5) is 5.00 Å². The molecule has 4 rings (SSSR count). The molecule has 1 aromatic heterocycles. The highest BCUT2D eigenvalue weighted by atomic mass is 32.1. The number of fused-ring (bicyclic) bond motifs is 1. The second kappa shape index (κ2) is 5.49. The van der Waals surface area contributed by atoms with Crippen molar-refractivity contribution in [3.05, 3.63) is 40.3 Å². The largest absolute Gasteiger partial charge is 0.390 e. The first kappa shape index (κ1) is 13.4. The molecule has 2 aliphatic rings. The Morgan fingerprint density at radius 2 is 1.67 bits per heavy atom. The quantitative estimate of drug-likeness (QED) is 0.774. The van der Waals surface area contributed by atoms with Crippen molar-refractivity contribution < 1.29 is 0 Å². The Hall–Kier alpha value is -1.28. The lowest BCUT2D eigenvalue weighted by Crippen LogP contribution is -2.04. The predicted molar refractivity (Wildman–Crippen MR) is 92.0 cm³/mol. The van der Waals surface area contributed by atoms with Gasteiger partial charge >= 0.3 is 0 Å². The van der Waals surface area contributed by atoms with E-state index in [1.54, 1.807) is 0 Å². The molecule has 2 aromatic rings. The molecule has 1 nitrogen and oxygen atoms in total. The Bertz CT molecular complexity index is 632. The minimum absolute atomic E-state index is 0.790. The minimum Gasteiger partial charge on any atom is -0.390 e. The van der Waals surface area contributed by atoms with Gasteiger partial charge in [-0.1, -0.05) is 43.5 Å². The van der Waals surface area contributed by atoms with Crippen LogP contribution in [0.15, 0.2) is 24.3 Å². The van der Waals surface area contributed by atoms with E-state index in [2.05, 4.69) is 24.3 Å². The molecule has 0 aliphatic heterocycles. The number of aryl methyl sites for hydroxylation is 1. The Balaban J connectivity index is 1.64. The molecular weight excluding hydrogens is 274 g/mol. The zero-order chi connectivity index (χ0) is 14.2. The minimum atomic E-state index is 0.790. The molecule has 1 saturated carbocycles. The van der Waals surface area contributed by atoms with Crippen molar-refractivity contribution in [1.29, 1.82) is 0 Å². The molecule has 0 saturated heterocycles. The van der Waals surface area contributed by atoms with E-state index in [4.69, 9.17) is 5.73 Å². The zero-order valence-corrected chi connectivity index (χ0v) is 13.3. The van der Waals surface area contributed by atoms with Gasteiger partial charge in [0, 0.05) is 10.4 Å². The number of benzene rings is 1. The van der Waals surface area contributed by atoms with Crippen LogP contribution < -0.4 is 5.73 Å². The highest BCUT2D eigenvalue weighted by Crippen LogP contribution is 2.43. The number of rotatable bonds is 2. The predicted octanol–water partition coefficient (Wildman–Crippen LogP) is 5.53. The molecule has 0 bridgehead atoms. The first-order chi connectivity index (χ1) is 10.3. The molecule has 0 amide bonds. The molecule has 1 aromatic carbocycles. The van der Waals surface area contributed by atoms with E-state index >= 15 is 0 Å². The molecule has 0 atom stereocenters. The molecule has 0 unspecified atom stereocenters. The van der Waals surface area contributed by atoms with Crippen molar-refractivity contribution in [3.63, 3.8) is 0 Å². The summed E-state index contributed by atoms with van der Waals surface area (Å²) in [6.45, 7) is 0. The second-order valence-electron chi connectivity index (χ2n) is 6.55. The van der Waals surface area contributed by atoms with E-state index in [1.807, 2.05) is 11.3 Å². The van der Waals surface area contributed by atoms with Crippen LogP contribution in [-0.4, -0.2) is 0 Å². The van der Waals surface area contributed by atoms with Crippen molar-refractivity contribution in [3.8, 4) is 11.1 Å². The summed E-state index contributed by atoms with van der Waals surface area (Å²) in [5.74, 6) is 0.790. The standard InChI is InChI=1S/C19H23NS/c20-19-18(16-7-4-8-17(16)21-19)15-11-9-14(10-12-15)13-5-2-1-3-6-13/h9-13H,1-8,20H2. The average molecular weight is 297 g/mol. The first-order valence-corrected chi connectivity index (χ1v) is 9.15. The number of thiophene rings is 1. The van der Waals surface area contributed by atoms with E-state index in [0.717, 1.165) is 10.9 Å². The smallest absolute Gasteiger partial charge is 0.0941 e. The van der Waals surface area contributed by atoms with Gasteiger partial charge < -0.3 is 5.73 Å². The summed E-state index contributed by atoms with van der Waals surface area (Å²) in [5, 5.41) is 1.02. The number of nitrogen functional groups attached to an aromatic ring is 1. The summed E-state index contributed by atoms with van der Waals surface area (Å²) in [5.41, 5.74) is 12.0. The van der Waals surface area contributed by atoms with Crippen molar-refractivity contribution in [1.82, 2.24) is 0 Å². The fourth-order valence-electron chi connectivity index (χ4n) is 4.10. The van der Waals surface area contributed by atoms with Gasteiger partial charge in [-0.05, 0) is 54.7 Å². The van der Waals surface area contributed by atoms with Crippen LogP contribution >= 0.6 is 11.3 Å². The maximum atomic E-state index is 6.28. The third-order valence-corrected chi connectivity index (χ3v) is 6.35. The third-order valence-electron chi connectivity index (χ3n) is 5.22. The van der Waals surface area contributed by atoms with Gasteiger partial charge in [-0.2, -0.15) is 0 Å². The molecule has 21 heavy (non-hydrogen) atoms. The zero-order valence-electron chi connectivity index (χ0n) is 12.5. The summed E-state index contributed by atoms with van der Waals surface area (Å²) in [4.78, 5) is 1.53. The molecule has 110 valence electrons. The van der Waals surface area contributed by atoms with Gasteiger partial charge in [-0.15, -0.1) is 11.3 Å². The number of nitrogens with two attached hydrogens (primary N) is 1. The molecule has 1 heterocycles. The molecule has 0 radical (unpaired) electrons. The van der Waals surface area contributed by atoms with Crippen LogP contribution in [0.2, 0.25) is 0 Å². The lowest BCUT2D eigenvalue weighted by Gasteiger charge is -2.22. The molecular formula is C19H23NS. The van der Waals surface area contributed by atoms with Gasteiger partial charge in [0.1, 0.15) is 0 Å². The van der Waals surface area contributed by atoms with Gasteiger partial charge in [0.15, 0.2) is 0 Å². The lowest BCUT2D eigenvalue weighted by atomic mass is 9.83. The Kier molecular flexibility index (Phi) is 3.50. The van der Waals surface area contributed by atoms with Gasteiger partial charge in [-0.25, -0.2) is 0 Å². The average Bonchev–Trinajstić information content (AvgIpc) is 3.08. The normalized spacial score (nSPS) is 18.9. The third kappa shape index (κ3) is 2.40. The van der Waals surface area contributed by atoms with Crippen LogP contribution in [0.3, 0.4) is 0 Å². The number of hydrogen-bond acceptors (Lipinski definition) is 2. The summed E-state index contributed by atoms with van der Waals surface area (Å²) in [6.07, 6.45) is 10.7. The van der Waals surface area contributed by atoms with Crippen LogP contribution in [0.1, 0.15) is 60.4 Å². The van der Waals surface area contributed by atoms with E-state index in [9.17, 15) is 0 Å². The number of anilines is 1. The number of hydrogen-bond donors (Lipinski definition) is 1. The molecule has 2 heteroatoms. The van der Waals surface area contributed by atoms with E-state index in [0.29, 0.717) is 0 Å². The van der Waals surface area contributed by atoms with Crippen molar-refractivity contribution >= 4 is 16.3 Å². The van der Waals surface area contributed by atoms with Crippen LogP contribution in [-0.2, 0) is 12.8 Å². The fraction of sp³-hybridized carbons (Fsp3) is 0.474.